The summed E-state index contributed by atoms with van der Waals surface area (Å²) in [5.41, 5.74) is 2.43. The molecule has 192 valence electrons. The lowest BCUT2D eigenvalue weighted by atomic mass is 9.96. The molecule has 2 saturated heterocycles. The number of unbranched alkanes of at least 4 members (excludes halogenated alkanes) is 2. The number of anilines is 1. The first-order valence-electron chi connectivity index (χ1n) is 12.4. The molecule has 0 saturated carbocycles. The zero-order valence-electron chi connectivity index (χ0n) is 20.5. The Morgan fingerprint density at radius 3 is 2.38 bits per heavy atom. The van der Waals surface area contributed by atoms with Crippen LogP contribution in [0.1, 0.15) is 44.6 Å². The molecule has 2 heterocycles. The summed E-state index contributed by atoms with van der Waals surface area (Å²) in [6, 6.07) is 8.57. The molecule has 0 aliphatic carbocycles. The molecule has 3 rings (SSSR count). The van der Waals surface area contributed by atoms with E-state index in [1.807, 2.05) is 0 Å². The molecular weight excluding hydrogens is 456 g/mol. The van der Waals surface area contributed by atoms with E-state index < -0.39 is 27.0 Å². The Bertz CT molecular complexity index is 879. The number of hydrogen-bond donors (Lipinski definition) is 3. The van der Waals surface area contributed by atoms with E-state index in [1.54, 1.807) is 0 Å². The Hall–Kier alpha value is -1.72. The number of amides is 1. The maximum atomic E-state index is 13.8. The normalized spacial score (nSPS) is 20.1. The number of carbonyl (C=O) groups is 1. The molecule has 1 aromatic carbocycles. The third-order valence-corrected chi connectivity index (χ3v) is 9.60. The number of nitrogens with zero attached hydrogens (tertiary/aromatic N) is 2. The summed E-state index contributed by atoms with van der Waals surface area (Å²) in [6.45, 7) is 4.78. The first-order chi connectivity index (χ1) is 16.3. The molecule has 3 N–H and O–H groups in total. The van der Waals surface area contributed by atoms with Gasteiger partial charge in [0, 0.05) is 39.0 Å². The van der Waals surface area contributed by atoms with Crippen molar-refractivity contribution in [3.8, 4) is 0 Å². The van der Waals surface area contributed by atoms with Crippen molar-refractivity contribution in [1.82, 2.24) is 14.9 Å². The van der Waals surface area contributed by atoms with Crippen LogP contribution in [0, 0.1) is 0 Å². The van der Waals surface area contributed by atoms with Crippen LogP contribution >= 0.6 is 0 Å². The van der Waals surface area contributed by atoms with Gasteiger partial charge in [0.2, 0.25) is 15.9 Å². The van der Waals surface area contributed by atoms with Gasteiger partial charge in [0.1, 0.15) is 0 Å². The van der Waals surface area contributed by atoms with Crippen LogP contribution in [-0.2, 0) is 26.0 Å². The third kappa shape index (κ3) is 6.09. The lowest BCUT2D eigenvalue weighted by Crippen LogP contribution is -2.64. The number of aliphatic hydroxyl groups excluding tert-OH is 1. The summed E-state index contributed by atoms with van der Waals surface area (Å²) in [7, 11) is -2.57. The highest BCUT2D eigenvalue weighted by molar-refractivity contribution is 7.91. The van der Waals surface area contributed by atoms with Crippen LogP contribution in [0.2, 0.25) is 0 Å². The maximum absolute atomic E-state index is 13.8. The molecule has 1 aromatic rings. The van der Waals surface area contributed by atoms with Gasteiger partial charge in [0.15, 0.2) is 11.0 Å². The smallest absolute Gasteiger partial charge is 0.243 e. The molecule has 9 nitrogen and oxygen atoms in total. The fourth-order valence-corrected chi connectivity index (χ4v) is 6.91. The van der Waals surface area contributed by atoms with Crippen LogP contribution in [0.4, 0.5) is 5.69 Å². The summed E-state index contributed by atoms with van der Waals surface area (Å²) in [4.78, 5) is 15.3. The largest absolute Gasteiger partial charge is 0.369 e. The number of rotatable bonds is 11. The minimum absolute atomic E-state index is 0.151. The van der Waals surface area contributed by atoms with E-state index >= 15 is 0 Å². The fraction of sp³-hybridized carbons (Fsp3) is 0.708. The minimum Gasteiger partial charge on any atom is -0.369 e. The second-order valence-corrected chi connectivity index (χ2v) is 11.4. The molecule has 34 heavy (non-hydrogen) atoms. The van der Waals surface area contributed by atoms with Crippen molar-refractivity contribution in [3.05, 3.63) is 29.8 Å². The zero-order valence-corrected chi connectivity index (χ0v) is 21.3. The Morgan fingerprint density at radius 2 is 1.79 bits per heavy atom. The SMILES string of the molecule is CCCCCc1ccc(N2CCN(S(=O)(=O)C3(C(=O)NCC(O)OC)CCNCC3)CC2)cc1. The summed E-state index contributed by atoms with van der Waals surface area (Å²) in [5, 5.41) is 15.4. The molecule has 1 atom stereocenters. The topological polar surface area (TPSA) is 111 Å². The van der Waals surface area contributed by atoms with Crippen molar-refractivity contribution in [3.63, 3.8) is 0 Å². The maximum Gasteiger partial charge on any atom is 0.243 e. The summed E-state index contributed by atoms with van der Waals surface area (Å²) in [6.07, 6.45) is 3.95. The summed E-state index contributed by atoms with van der Waals surface area (Å²) in [5.74, 6) is -0.564. The number of piperazine rings is 1. The summed E-state index contributed by atoms with van der Waals surface area (Å²) < 4.78 is 32.2. The average Bonchev–Trinajstić information content (AvgIpc) is 2.88. The number of carbonyl (C=O) groups excluding carboxylic acids is 1. The molecule has 2 aliphatic rings. The van der Waals surface area contributed by atoms with Gasteiger partial charge < -0.3 is 25.4 Å². The number of aryl methyl sites for hydroxylation is 1. The van der Waals surface area contributed by atoms with Gasteiger partial charge in [-0.05, 0) is 56.5 Å². The van der Waals surface area contributed by atoms with E-state index in [0.29, 0.717) is 39.3 Å². The van der Waals surface area contributed by atoms with Crippen LogP contribution in [0.15, 0.2) is 24.3 Å². The highest BCUT2D eigenvalue weighted by Gasteiger charge is 2.54. The minimum atomic E-state index is -3.89. The average molecular weight is 497 g/mol. The summed E-state index contributed by atoms with van der Waals surface area (Å²) >= 11 is 0. The molecule has 2 fully saturated rings. The number of piperidine rings is 1. The number of methoxy groups -OCH3 is 1. The molecule has 0 spiro atoms. The third-order valence-electron chi connectivity index (χ3n) is 6.98. The standard InChI is InChI=1S/C24H40N4O5S/c1-3-4-5-6-20-7-9-21(10-8-20)27-15-17-28(18-16-27)34(31,32)24(11-13-25-14-12-24)23(30)26-19-22(29)33-2/h7-10,22,25,29H,3-6,11-19H2,1-2H3,(H,26,30). The number of benzene rings is 1. The van der Waals surface area contributed by atoms with E-state index in [0.717, 1.165) is 12.1 Å². The second kappa shape index (κ2) is 12.3. The van der Waals surface area contributed by atoms with Crippen molar-refractivity contribution in [1.29, 1.82) is 0 Å². The molecule has 0 radical (unpaired) electrons. The fourth-order valence-electron chi connectivity index (χ4n) is 4.74. The predicted octanol–water partition coefficient (Wildman–Crippen LogP) is 1.07. The van der Waals surface area contributed by atoms with Gasteiger partial charge in [0.25, 0.3) is 0 Å². The van der Waals surface area contributed by atoms with Gasteiger partial charge in [-0.1, -0.05) is 31.9 Å². The van der Waals surface area contributed by atoms with Crippen LogP contribution in [0.3, 0.4) is 0 Å². The van der Waals surface area contributed by atoms with Crippen molar-refractivity contribution < 1.29 is 23.1 Å². The van der Waals surface area contributed by atoms with Gasteiger partial charge in [-0.2, -0.15) is 4.31 Å². The van der Waals surface area contributed by atoms with E-state index in [2.05, 4.69) is 46.7 Å². The van der Waals surface area contributed by atoms with E-state index in [-0.39, 0.29) is 19.4 Å². The van der Waals surface area contributed by atoms with Crippen molar-refractivity contribution in [2.24, 2.45) is 0 Å². The first-order valence-corrected chi connectivity index (χ1v) is 13.8. The molecule has 0 aromatic heterocycles. The Kier molecular flexibility index (Phi) is 9.73. The van der Waals surface area contributed by atoms with Gasteiger partial charge >= 0.3 is 0 Å². The second-order valence-electron chi connectivity index (χ2n) is 9.16. The molecular formula is C24H40N4O5S. The number of nitrogens with one attached hydrogen (secondary N) is 2. The van der Waals surface area contributed by atoms with Crippen LogP contribution in [0.5, 0.6) is 0 Å². The Labute approximate surface area is 203 Å². The molecule has 2 aliphatic heterocycles. The lowest BCUT2D eigenvalue weighted by Gasteiger charge is -2.42. The van der Waals surface area contributed by atoms with E-state index in [9.17, 15) is 18.3 Å². The van der Waals surface area contributed by atoms with Crippen LogP contribution in [-0.4, -0.2) is 87.7 Å². The predicted molar refractivity (Wildman–Crippen MR) is 133 cm³/mol. The Balaban J connectivity index is 1.65. The van der Waals surface area contributed by atoms with Crippen molar-refractivity contribution in [2.45, 2.75) is 56.5 Å². The zero-order chi connectivity index (χ0) is 24.6. The first kappa shape index (κ1) is 26.9. The lowest BCUT2D eigenvalue weighted by molar-refractivity contribution is -0.128. The van der Waals surface area contributed by atoms with Crippen LogP contribution < -0.4 is 15.5 Å². The van der Waals surface area contributed by atoms with Crippen LogP contribution in [0.25, 0.3) is 0 Å². The molecule has 0 bridgehead atoms. The monoisotopic (exact) mass is 496 g/mol. The highest BCUT2D eigenvalue weighted by Crippen LogP contribution is 2.33. The molecule has 1 amide bonds. The van der Waals surface area contributed by atoms with E-state index in [4.69, 9.17) is 4.74 Å². The van der Waals surface area contributed by atoms with Crippen molar-refractivity contribution in [2.75, 3.05) is 57.8 Å². The van der Waals surface area contributed by atoms with Gasteiger partial charge in [-0.25, -0.2) is 8.42 Å². The quantitative estimate of drug-likeness (QED) is 0.310. The molecule has 10 heteroatoms. The van der Waals surface area contributed by atoms with Gasteiger partial charge in [-0.3, -0.25) is 4.79 Å². The number of sulfonamides is 1. The van der Waals surface area contributed by atoms with Gasteiger partial charge in [-0.15, -0.1) is 0 Å². The van der Waals surface area contributed by atoms with E-state index in [1.165, 1.54) is 36.2 Å². The Morgan fingerprint density at radius 1 is 1.15 bits per heavy atom. The molecule has 1 unspecified atom stereocenters. The van der Waals surface area contributed by atoms with Crippen molar-refractivity contribution >= 4 is 21.6 Å². The number of hydrogen-bond acceptors (Lipinski definition) is 7. The number of ether oxygens (including phenoxy) is 1. The number of aliphatic hydroxyl groups is 1. The highest BCUT2D eigenvalue weighted by atomic mass is 32.2. The van der Waals surface area contributed by atoms with Gasteiger partial charge in [0.05, 0.1) is 6.54 Å².